The van der Waals surface area contributed by atoms with Gasteiger partial charge in [0.25, 0.3) is 0 Å². The van der Waals surface area contributed by atoms with Crippen molar-refractivity contribution in [1.82, 2.24) is 15.6 Å². The number of amides is 2. The number of fused-ring (bicyclic) bond motifs is 1. The molecule has 4 unspecified atom stereocenters. The maximum absolute atomic E-state index is 14.9. The van der Waals surface area contributed by atoms with Crippen molar-refractivity contribution in [3.63, 3.8) is 0 Å². The van der Waals surface area contributed by atoms with Gasteiger partial charge in [-0.25, -0.2) is 14.2 Å². The minimum absolute atomic E-state index is 0.0415. The summed E-state index contributed by atoms with van der Waals surface area (Å²) in [6, 6.07) is 22.5. The number of hydrogen-bond acceptors (Lipinski definition) is 7. The fourth-order valence-electron chi connectivity index (χ4n) is 6.12. The molecular formula is C40H46FN3O6. The number of nitrogens with one attached hydrogen (secondary N) is 2. The zero-order chi connectivity index (χ0) is 35.8. The van der Waals surface area contributed by atoms with Gasteiger partial charge in [0, 0.05) is 35.7 Å². The molecule has 50 heavy (non-hydrogen) atoms. The van der Waals surface area contributed by atoms with Crippen LogP contribution in [-0.2, 0) is 22.4 Å². The predicted octanol–water partition coefficient (Wildman–Crippen LogP) is 6.89. The van der Waals surface area contributed by atoms with E-state index < -0.39 is 35.6 Å². The second-order valence-corrected chi connectivity index (χ2v) is 13.8. The van der Waals surface area contributed by atoms with E-state index >= 15 is 0 Å². The minimum atomic E-state index is -1.18. The van der Waals surface area contributed by atoms with Crippen molar-refractivity contribution in [3.8, 4) is 22.8 Å². The van der Waals surface area contributed by atoms with Crippen molar-refractivity contribution in [2.75, 3.05) is 13.7 Å². The molecule has 4 aromatic rings. The summed E-state index contributed by atoms with van der Waals surface area (Å²) in [6.45, 7) is 7.70. The lowest BCUT2D eigenvalue weighted by molar-refractivity contribution is -0.127. The number of rotatable bonds is 12. The fraction of sp³-hybridized carbons (Fsp3) is 0.375. The van der Waals surface area contributed by atoms with Gasteiger partial charge in [-0.2, -0.15) is 0 Å². The van der Waals surface area contributed by atoms with Crippen LogP contribution in [0.15, 0.2) is 85.1 Å². The molecule has 0 aliphatic carbocycles. The van der Waals surface area contributed by atoms with Gasteiger partial charge in [0.1, 0.15) is 17.2 Å². The zero-order valence-corrected chi connectivity index (χ0v) is 29.2. The van der Waals surface area contributed by atoms with Gasteiger partial charge in [-0.15, -0.1) is 0 Å². The number of carbonyl (C=O) groups is 2. The smallest absolute Gasteiger partial charge is 0.407 e. The number of aliphatic hydroxyl groups is 1. The molecule has 1 aliphatic rings. The van der Waals surface area contributed by atoms with E-state index in [9.17, 15) is 19.1 Å². The van der Waals surface area contributed by atoms with E-state index in [4.69, 9.17) is 14.2 Å². The Morgan fingerprint density at radius 1 is 1.02 bits per heavy atom. The van der Waals surface area contributed by atoms with Crippen molar-refractivity contribution in [1.29, 1.82) is 0 Å². The molecule has 3 N–H and O–H groups in total. The highest BCUT2D eigenvalue weighted by atomic mass is 19.1. The maximum atomic E-state index is 14.9. The number of nitrogens with zero attached hydrogens (tertiary/aromatic N) is 1. The summed E-state index contributed by atoms with van der Waals surface area (Å²) in [6.07, 6.45) is 0.700. The van der Waals surface area contributed by atoms with Crippen molar-refractivity contribution >= 4 is 12.0 Å². The molecule has 0 fully saturated rings. The highest BCUT2D eigenvalue weighted by Gasteiger charge is 2.32. The van der Waals surface area contributed by atoms with Crippen LogP contribution in [0.25, 0.3) is 11.1 Å². The molecule has 264 valence electrons. The predicted molar refractivity (Wildman–Crippen MR) is 189 cm³/mol. The Morgan fingerprint density at radius 2 is 1.76 bits per heavy atom. The first-order valence-corrected chi connectivity index (χ1v) is 16.9. The van der Waals surface area contributed by atoms with Crippen LogP contribution in [-0.4, -0.2) is 53.6 Å². The Labute approximate surface area is 293 Å². The third-order valence-corrected chi connectivity index (χ3v) is 8.70. The summed E-state index contributed by atoms with van der Waals surface area (Å²) in [5.41, 5.74) is 4.21. The summed E-state index contributed by atoms with van der Waals surface area (Å²) >= 11 is 0. The summed E-state index contributed by atoms with van der Waals surface area (Å²) in [4.78, 5) is 31.3. The molecule has 0 spiro atoms. The lowest BCUT2D eigenvalue weighted by atomic mass is 9.87. The van der Waals surface area contributed by atoms with Gasteiger partial charge in [0.2, 0.25) is 11.8 Å². The van der Waals surface area contributed by atoms with E-state index in [-0.39, 0.29) is 31.2 Å². The fourth-order valence-corrected chi connectivity index (χ4v) is 6.12. The summed E-state index contributed by atoms with van der Waals surface area (Å²) < 4.78 is 31.5. The number of halogens is 1. The molecule has 4 atom stereocenters. The molecule has 1 aromatic heterocycles. The average molecular weight is 684 g/mol. The second kappa shape index (κ2) is 16.2. The Morgan fingerprint density at radius 3 is 2.44 bits per heavy atom. The van der Waals surface area contributed by atoms with Crippen LogP contribution >= 0.6 is 0 Å². The number of ether oxygens (including phenoxy) is 3. The summed E-state index contributed by atoms with van der Waals surface area (Å²) in [5, 5.41) is 17.8. The number of aliphatic hydroxyl groups excluding tert-OH is 1. The van der Waals surface area contributed by atoms with Crippen LogP contribution in [0.3, 0.4) is 0 Å². The van der Waals surface area contributed by atoms with E-state index in [0.717, 1.165) is 27.8 Å². The molecule has 3 aromatic carbocycles. The van der Waals surface area contributed by atoms with Crippen LogP contribution < -0.4 is 20.1 Å². The average Bonchev–Trinajstić information content (AvgIpc) is 3.08. The van der Waals surface area contributed by atoms with Gasteiger partial charge in [-0.05, 0) is 81.8 Å². The quantitative estimate of drug-likeness (QED) is 0.149. The first-order chi connectivity index (χ1) is 23.9. The van der Waals surface area contributed by atoms with Gasteiger partial charge in [0.15, 0.2) is 0 Å². The number of pyridine rings is 1. The van der Waals surface area contributed by atoms with Crippen molar-refractivity contribution < 1.29 is 33.3 Å². The van der Waals surface area contributed by atoms with E-state index in [1.54, 1.807) is 58.3 Å². The number of methoxy groups -OCH3 is 1. The Balaban J connectivity index is 1.38. The number of aromatic nitrogens is 1. The van der Waals surface area contributed by atoms with Gasteiger partial charge < -0.3 is 30.0 Å². The minimum Gasteiger partial charge on any atom is -0.493 e. The zero-order valence-electron chi connectivity index (χ0n) is 29.2. The molecule has 0 radical (unpaired) electrons. The Bertz CT molecular complexity index is 1760. The largest absolute Gasteiger partial charge is 0.493 e. The third kappa shape index (κ3) is 9.81. The van der Waals surface area contributed by atoms with Crippen LogP contribution in [0.2, 0.25) is 0 Å². The van der Waals surface area contributed by atoms with E-state index in [1.807, 2.05) is 55.5 Å². The van der Waals surface area contributed by atoms with Gasteiger partial charge >= 0.3 is 6.09 Å². The third-order valence-electron chi connectivity index (χ3n) is 8.70. The molecule has 5 rings (SSSR count). The normalized spacial score (nSPS) is 15.9. The highest BCUT2D eigenvalue weighted by Crippen LogP contribution is 2.33. The number of hydrogen-bond donors (Lipinski definition) is 3. The van der Waals surface area contributed by atoms with E-state index in [2.05, 4.69) is 15.6 Å². The van der Waals surface area contributed by atoms with E-state index in [0.29, 0.717) is 30.2 Å². The molecule has 0 saturated carbocycles. The molecule has 2 heterocycles. The lowest BCUT2D eigenvalue weighted by Gasteiger charge is -2.31. The number of aryl methyl sites for hydroxylation is 1. The Kier molecular flexibility index (Phi) is 11.7. The van der Waals surface area contributed by atoms with Gasteiger partial charge in [-0.1, -0.05) is 60.2 Å². The van der Waals surface area contributed by atoms with Crippen LogP contribution in [0.5, 0.6) is 11.6 Å². The molecular weight excluding hydrogens is 637 g/mol. The SMILES string of the molecule is COc1ccc(-c2ccc(CC(NC(=O)OC(C)(C)C)C(O)CC(Cc3ccccc3F)C(=O)NC3CCOc4ccc(C)cc43)cc2)cn1. The second-order valence-electron chi connectivity index (χ2n) is 13.8. The standard InChI is InChI=1S/C40H46FN3O6/c1-25-10-16-36-31(20-25)33(18-19-49-36)43-38(46)30(22-28-8-6-7-9-32(28)41)23-35(45)34(44-39(47)50-40(2,3)4)21-26-11-13-27(14-12-26)29-15-17-37(48-5)42-24-29/h6-17,20,24,30,33-35,45H,18-19,21-23H2,1-5H3,(H,43,46)(H,44,47). The molecule has 1 aliphatic heterocycles. The van der Waals surface area contributed by atoms with Crippen LogP contribution in [0, 0.1) is 18.7 Å². The van der Waals surface area contributed by atoms with Crippen molar-refractivity contribution in [2.45, 2.75) is 77.2 Å². The summed E-state index contributed by atoms with van der Waals surface area (Å²) in [5.74, 6) is -0.327. The first-order valence-electron chi connectivity index (χ1n) is 16.9. The molecule has 2 amide bonds. The number of benzene rings is 3. The van der Waals surface area contributed by atoms with Gasteiger partial charge in [-0.3, -0.25) is 4.79 Å². The summed E-state index contributed by atoms with van der Waals surface area (Å²) in [7, 11) is 1.56. The molecule has 0 bridgehead atoms. The molecule has 10 heteroatoms. The van der Waals surface area contributed by atoms with Crippen LogP contribution in [0.1, 0.15) is 61.9 Å². The first kappa shape index (κ1) is 36.3. The Hall–Kier alpha value is -4.96. The topological polar surface area (TPSA) is 119 Å². The molecule has 0 saturated heterocycles. The van der Waals surface area contributed by atoms with E-state index in [1.165, 1.54) is 6.07 Å². The van der Waals surface area contributed by atoms with Crippen LogP contribution in [0.4, 0.5) is 9.18 Å². The highest BCUT2D eigenvalue weighted by molar-refractivity contribution is 5.80. The van der Waals surface area contributed by atoms with Gasteiger partial charge in [0.05, 0.1) is 31.9 Å². The monoisotopic (exact) mass is 683 g/mol. The van der Waals surface area contributed by atoms with Crippen molar-refractivity contribution in [3.05, 3.63) is 113 Å². The number of alkyl carbamates (subject to hydrolysis) is 1. The lowest BCUT2D eigenvalue weighted by Crippen LogP contribution is -2.48. The molecule has 9 nitrogen and oxygen atoms in total. The maximum Gasteiger partial charge on any atom is 0.407 e. The van der Waals surface area contributed by atoms with Crippen molar-refractivity contribution in [2.24, 2.45) is 5.92 Å². The number of carbonyl (C=O) groups excluding carboxylic acids is 2.